The first-order chi connectivity index (χ1) is 12.6. The lowest BCUT2D eigenvalue weighted by Gasteiger charge is -2.37. The number of methoxy groups -OCH3 is 1. The highest BCUT2D eigenvalue weighted by atomic mass is 16.5. The van der Waals surface area contributed by atoms with Gasteiger partial charge in [-0.25, -0.2) is 0 Å². The van der Waals surface area contributed by atoms with Crippen molar-refractivity contribution in [2.45, 2.75) is 39.2 Å². The highest BCUT2D eigenvalue weighted by Gasteiger charge is 2.32. The third-order valence-electron chi connectivity index (χ3n) is 5.93. The molecule has 142 valence electrons. The number of carbonyl (C=O) groups is 2. The molecule has 2 aliphatic rings. The van der Waals surface area contributed by atoms with Crippen LogP contribution >= 0.6 is 0 Å². The SMILES string of the molecule is COC(=O)C1CCN(C(=O)C2CCN(Cc3ccccc3C)CC2)CC1. The van der Waals surface area contributed by atoms with E-state index in [4.69, 9.17) is 4.74 Å². The summed E-state index contributed by atoms with van der Waals surface area (Å²) in [5.41, 5.74) is 2.71. The molecule has 5 nitrogen and oxygen atoms in total. The Labute approximate surface area is 156 Å². The Balaban J connectivity index is 1.45. The Hall–Kier alpha value is -1.88. The van der Waals surface area contributed by atoms with Gasteiger partial charge < -0.3 is 9.64 Å². The van der Waals surface area contributed by atoms with Gasteiger partial charge in [0.05, 0.1) is 13.0 Å². The van der Waals surface area contributed by atoms with E-state index in [2.05, 4.69) is 36.1 Å². The second kappa shape index (κ2) is 8.67. The Morgan fingerprint density at radius 3 is 2.23 bits per heavy atom. The number of nitrogens with zero attached hydrogens (tertiary/aromatic N) is 2. The second-order valence-electron chi connectivity index (χ2n) is 7.60. The third-order valence-corrected chi connectivity index (χ3v) is 5.93. The molecule has 0 N–H and O–H groups in total. The molecule has 26 heavy (non-hydrogen) atoms. The molecule has 1 amide bonds. The van der Waals surface area contributed by atoms with Gasteiger partial charge in [0.2, 0.25) is 5.91 Å². The smallest absolute Gasteiger partial charge is 0.308 e. The molecule has 1 aromatic carbocycles. The molecule has 2 saturated heterocycles. The van der Waals surface area contributed by atoms with E-state index < -0.39 is 0 Å². The number of ether oxygens (including phenoxy) is 1. The standard InChI is InChI=1S/C21H30N2O3/c1-16-5-3-4-6-19(16)15-22-11-7-17(8-12-22)20(24)23-13-9-18(10-14-23)21(25)26-2/h3-6,17-18H,7-15H2,1-2H3. The fraction of sp³-hybridized carbons (Fsp3) is 0.619. The minimum Gasteiger partial charge on any atom is -0.469 e. The zero-order chi connectivity index (χ0) is 18.5. The quantitative estimate of drug-likeness (QED) is 0.777. The zero-order valence-electron chi connectivity index (χ0n) is 15.9. The number of amides is 1. The van der Waals surface area contributed by atoms with Gasteiger partial charge in [-0.3, -0.25) is 14.5 Å². The van der Waals surface area contributed by atoms with Gasteiger partial charge in [0.1, 0.15) is 0 Å². The molecule has 0 saturated carbocycles. The second-order valence-corrected chi connectivity index (χ2v) is 7.60. The van der Waals surface area contributed by atoms with Crippen molar-refractivity contribution in [3.8, 4) is 0 Å². The highest BCUT2D eigenvalue weighted by molar-refractivity contribution is 5.79. The maximum Gasteiger partial charge on any atom is 0.308 e. The topological polar surface area (TPSA) is 49.9 Å². The summed E-state index contributed by atoms with van der Waals surface area (Å²) < 4.78 is 4.82. The van der Waals surface area contributed by atoms with Crippen LogP contribution in [-0.2, 0) is 20.9 Å². The van der Waals surface area contributed by atoms with Crippen LogP contribution in [0.15, 0.2) is 24.3 Å². The molecule has 0 unspecified atom stereocenters. The molecule has 0 bridgehead atoms. The van der Waals surface area contributed by atoms with Crippen LogP contribution in [0.25, 0.3) is 0 Å². The van der Waals surface area contributed by atoms with Crippen molar-refractivity contribution in [1.82, 2.24) is 9.80 Å². The number of likely N-dealkylation sites (tertiary alicyclic amines) is 2. The molecule has 2 fully saturated rings. The normalized spacial score (nSPS) is 20.2. The molecule has 0 aromatic heterocycles. The van der Waals surface area contributed by atoms with Gasteiger partial charge in [0, 0.05) is 25.6 Å². The summed E-state index contributed by atoms with van der Waals surface area (Å²) in [5.74, 6) is 0.239. The van der Waals surface area contributed by atoms with Gasteiger partial charge in [-0.2, -0.15) is 0 Å². The van der Waals surface area contributed by atoms with Crippen molar-refractivity contribution >= 4 is 11.9 Å². The van der Waals surface area contributed by atoms with E-state index in [0.29, 0.717) is 13.1 Å². The molecule has 5 heteroatoms. The fourth-order valence-corrected chi connectivity index (χ4v) is 4.13. The predicted octanol–water partition coefficient (Wildman–Crippen LogP) is 2.62. The maximum absolute atomic E-state index is 12.8. The van der Waals surface area contributed by atoms with Crippen molar-refractivity contribution in [2.75, 3.05) is 33.3 Å². The van der Waals surface area contributed by atoms with Crippen LogP contribution in [0.2, 0.25) is 0 Å². The summed E-state index contributed by atoms with van der Waals surface area (Å²) in [7, 11) is 1.44. The fourth-order valence-electron chi connectivity index (χ4n) is 4.13. The Bertz CT molecular complexity index is 630. The minimum atomic E-state index is -0.137. The number of piperidine rings is 2. The van der Waals surface area contributed by atoms with E-state index in [1.165, 1.54) is 18.2 Å². The number of aryl methyl sites for hydroxylation is 1. The van der Waals surface area contributed by atoms with Crippen LogP contribution in [0, 0.1) is 18.8 Å². The largest absolute Gasteiger partial charge is 0.469 e. The minimum absolute atomic E-state index is 0.0417. The first-order valence-corrected chi connectivity index (χ1v) is 9.72. The Morgan fingerprint density at radius 1 is 1.00 bits per heavy atom. The van der Waals surface area contributed by atoms with Crippen LogP contribution in [-0.4, -0.2) is 55.0 Å². The monoisotopic (exact) mass is 358 g/mol. The number of benzene rings is 1. The van der Waals surface area contributed by atoms with Gasteiger partial charge >= 0.3 is 5.97 Å². The number of carbonyl (C=O) groups excluding carboxylic acids is 2. The molecule has 2 heterocycles. The van der Waals surface area contributed by atoms with E-state index in [1.807, 2.05) is 4.90 Å². The summed E-state index contributed by atoms with van der Waals surface area (Å²) in [6, 6.07) is 8.52. The molecular weight excluding hydrogens is 328 g/mol. The summed E-state index contributed by atoms with van der Waals surface area (Å²) >= 11 is 0. The van der Waals surface area contributed by atoms with E-state index >= 15 is 0 Å². The summed E-state index contributed by atoms with van der Waals surface area (Å²) in [4.78, 5) is 28.8. The molecule has 3 rings (SSSR count). The van der Waals surface area contributed by atoms with Crippen molar-refractivity contribution in [1.29, 1.82) is 0 Å². The highest BCUT2D eigenvalue weighted by Crippen LogP contribution is 2.25. The summed E-state index contributed by atoms with van der Waals surface area (Å²) in [6.45, 7) is 6.44. The van der Waals surface area contributed by atoms with Gasteiger partial charge in [0.25, 0.3) is 0 Å². The number of hydrogen-bond donors (Lipinski definition) is 0. The van der Waals surface area contributed by atoms with E-state index in [1.54, 1.807) is 0 Å². The average molecular weight is 358 g/mol. The van der Waals surface area contributed by atoms with Crippen LogP contribution in [0.1, 0.15) is 36.8 Å². The first kappa shape index (κ1) is 18.9. The Kier molecular flexibility index (Phi) is 6.30. The molecule has 1 aromatic rings. The summed E-state index contributed by atoms with van der Waals surface area (Å²) in [5, 5.41) is 0. The number of hydrogen-bond acceptors (Lipinski definition) is 4. The van der Waals surface area contributed by atoms with Crippen LogP contribution in [0.3, 0.4) is 0 Å². The van der Waals surface area contributed by atoms with Gasteiger partial charge in [-0.15, -0.1) is 0 Å². The molecule has 0 aliphatic carbocycles. The third kappa shape index (κ3) is 4.44. The summed E-state index contributed by atoms with van der Waals surface area (Å²) in [6.07, 6.45) is 3.32. The van der Waals surface area contributed by atoms with E-state index in [0.717, 1.165) is 45.3 Å². The van der Waals surface area contributed by atoms with Crippen molar-refractivity contribution < 1.29 is 14.3 Å². The average Bonchev–Trinajstić information content (AvgIpc) is 2.69. The van der Waals surface area contributed by atoms with Crippen LogP contribution < -0.4 is 0 Å². The zero-order valence-corrected chi connectivity index (χ0v) is 15.9. The van der Waals surface area contributed by atoms with Crippen molar-refractivity contribution in [3.63, 3.8) is 0 Å². The first-order valence-electron chi connectivity index (χ1n) is 9.72. The molecular formula is C21H30N2O3. The van der Waals surface area contributed by atoms with Gasteiger partial charge in [-0.05, 0) is 56.8 Å². The lowest BCUT2D eigenvalue weighted by Crippen LogP contribution is -2.46. The van der Waals surface area contributed by atoms with Crippen molar-refractivity contribution in [2.24, 2.45) is 11.8 Å². The lowest BCUT2D eigenvalue weighted by atomic mass is 9.92. The van der Waals surface area contributed by atoms with Crippen LogP contribution in [0.4, 0.5) is 0 Å². The molecule has 2 aliphatic heterocycles. The van der Waals surface area contributed by atoms with Gasteiger partial charge in [-0.1, -0.05) is 24.3 Å². The van der Waals surface area contributed by atoms with E-state index in [9.17, 15) is 9.59 Å². The molecule has 0 radical (unpaired) electrons. The lowest BCUT2D eigenvalue weighted by molar-refractivity contribution is -0.150. The van der Waals surface area contributed by atoms with Gasteiger partial charge in [0.15, 0.2) is 0 Å². The number of esters is 1. The van der Waals surface area contributed by atoms with E-state index in [-0.39, 0.29) is 23.7 Å². The maximum atomic E-state index is 12.8. The van der Waals surface area contributed by atoms with Crippen molar-refractivity contribution in [3.05, 3.63) is 35.4 Å². The Morgan fingerprint density at radius 2 is 1.62 bits per heavy atom. The molecule has 0 atom stereocenters. The van der Waals surface area contributed by atoms with Crippen LogP contribution in [0.5, 0.6) is 0 Å². The predicted molar refractivity (Wildman–Crippen MR) is 101 cm³/mol. The molecule has 0 spiro atoms. The number of rotatable bonds is 4.